The Morgan fingerprint density at radius 1 is 1.00 bits per heavy atom. The van der Waals surface area contributed by atoms with E-state index in [0.717, 1.165) is 9.36 Å². The average molecular weight is 337 g/mol. The minimum atomic E-state index is -0.491. The fourth-order valence-corrected chi connectivity index (χ4v) is 2.27. The lowest BCUT2D eigenvalue weighted by Gasteiger charge is -2.04. The third-order valence-corrected chi connectivity index (χ3v) is 3.46. The number of ketones is 1. The van der Waals surface area contributed by atoms with Gasteiger partial charge in [0.05, 0.1) is 5.69 Å². The molecule has 1 aromatic heterocycles. The van der Waals surface area contributed by atoms with E-state index in [-0.39, 0.29) is 18.2 Å². The lowest BCUT2D eigenvalue weighted by Crippen LogP contribution is -2.27. The van der Waals surface area contributed by atoms with Gasteiger partial charge in [-0.2, -0.15) is 9.36 Å². The minimum absolute atomic E-state index is 0.192. The van der Waals surface area contributed by atoms with Crippen molar-refractivity contribution in [1.29, 1.82) is 0 Å². The van der Waals surface area contributed by atoms with Crippen LogP contribution in [0.4, 0.5) is 5.69 Å². The minimum Gasteiger partial charge on any atom is -0.326 e. The number of benzene rings is 2. The van der Waals surface area contributed by atoms with E-state index in [2.05, 4.69) is 15.7 Å². The van der Waals surface area contributed by atoms with E-state index < -0.39 is 5.69 Å². The maximum Gasteiger partial charge on any atom is 0.368 e. The summed E-state index contributed by atoms with van der Waals surface area (Å²) >= 11 is 0. The molecule has 0 fully saturated rings. The molecule has 0 saturated heterocycles. The molecule has 0 aliphatic carbocycles. The number of nitrogens with one attached hydrogen (secondary N) is 1. The Labute approximate surface area is 142 Å². The Morgan fingerprint density at radius 3 is 2.32 bits per heavy atom. The molecule has 8 heteroatoms. The van der Waals surface area contributed by atoms with Crippen LogP contribution in [-0.2, 0) is 11.3 Å². The summed E-state index contributed by atoms with van der Waals surface area (Å²) in [4.78, 5) is 35.6. The molecule has 1 N–H and O–H groups in total. The summed E-state index contributed by atoms with van der Waals surface area (Å²) in [7, 11) is 0. The van der Waals surface area contributed by atoms with Crippen molar-refractivity contribution in [2.24, 2.45) is 0 Å². The quantitative estimate of drug-likeness (QED) is 0.707. The molecular formula is C17H15N5O3. The van der Waals surface area contributed by atoms with Gasteiger partial charge in [-0.1, -0.05) is 18.2 Å². The molecule has 0 radical (unpaired) electrons. The summed E-state index contributed by atoms with van der Waals surface area (Å²) in [5.41, 5.74) is 1.09. The third-order valence-electron chi connectivity index (χ3n) is 3.46. The van der Waals surface area contributed by atoms with Crippen molar-refractivity contribution in [2.75, 3.05) is 5.32 Å². The normalized spacial score (nSPS) is 10.4. The summed E-state index contributed by atoms with van der Waals surface area (Å²) in [6.07, 6.45) is 0. The first kappa shape index (κ1) is 16.3. The number of carbonyl (C=O) groups excluding carboxylic acids is 2. The van der Waals surface area contributed by atoms with Crippen molar-refractivity contribution < 1.29 is 9.59 Å². The Kier molecular flexibility index (Phi) is 4.51. The third kappa shape index (κ3) is 3.69. The highest BCUT2D eigenvalue weighted by Crippen LogP contribution is 2.10. The van der Waals surface area contributed by atoms with E-state index in [1.165, 1.54) is 6.92 Å². The van der Waals surface area contributed by atoms with Crippen LogP contribution < -0.4 is 11.0 Å². The Morgan fingerprint density at radius 2 is 1.68 bits per heavy atom. The zero-order chi connectivity index (χ0) is 17.8. The second-order valence-corrected chi connectivity index (χ2v) is 5.35. The molecule has 126 valence electrons. The fourth-order valence-electron chi connectivity index (χ4n) is 2.27. The van der Waals surface area contributed by atoms with Gasteiger partial charge < -0.3 is 5.32 Å². The van der Waals surface area contributed by atoms with Gasteiger partial charge in [-0.15, -0.1) is 0 Å². The molecule has 0 aliphatic heterocycles. The van der Waals surface area contributed by atoms with Gasteiger partial charge in [0, 0.05) is 18.2 Å². The largest absolute Gasteiger partial charge is 0.368 e. The van der Waals surface area contributed by atoms with Crippen molar-refractivity contribution >= 4 is 17.4 Å². The number of nitrogens with zero attached hydrogens (tertiary/aromatic N) is 4. The first-order valence-electron chi connectivity index (χ1n) is 7.54. The number of Topliss-reactive ketones (excluding diaryl/α,β-unsaturated/α-hetero) is 1. The van der Waals surface area contributed by atoms with Crippen LogP contribution in [0.5, 0.6) is 0 Å². The molecule has 8 nitrogen and oxygen atoms in total. The number of carbonyl (C=O) groups is 2. The van der Waals surface area contributed by atoms with E-state index in [0.29, 0.717) is 16.9 Å². The van der Waals surface area contributed by atoms with E-state index in [9.17, 15) is 14.4 Å². The van der Waals surface area contributed by atoms with Crippen molar-refractivity contribution in [2.45, 2.75) is 13.5 Å². The smallest absolute Gasteiger partial charge is 0.326 e. The monoisotopic (exact) mass is 337 g/mol. The zero-order valence-electron chi connectivity index (χ0n) is 13.4. The Hall–Kier alpha value is -3.55. The first-order valence-corrected chi connectivity index (χ1v) is 7.54. The topological polar surface area (TPSA) is 98.9 Å². The maximum absolute atomic E-state index is 12.3. The molecule has 0 aliphatic rings. The standard InChI is InChI=1S/C17H15N5O3/c1-12(23)18-14-9-7-13(8-10-14)16(24)11-21-17(25)22(20-19-21)15-5-3-2-4-6-15/h2-10H,11H2,1H3,(H,18,23). The number of para-hydroxylation sites is 1. The van der Waals surface area contributed by atoms with Crippen molar-refractivity contribution in [1.82, 2.24) is 19.8 Å². The van der Waals surface area contributed by atoms with E-state index >= 15 is 0 Å². The molecule has 1 heterocycles. The van der Waals surface area contributed by atoms with Gasteiger partial charge >= 0.3 is 5.69 Å². The highest BCUT2D eigenvalue weighted by molar-refractivity contribution is 5.96. The van der Waals surface area contributed by atoms with E-state index in [1.807, 2.05) is 6.07 Å². The molecule has 0 spiro atoms. The van der Waals surface area contributed by atoms with Gasteiger partial charge in [0.15, 0.2) is 5.78 Å². The Bertz CT molecular complexity index is 958. The van der Waals surface area contributed by atoms with E-state index in [1.54, 1.807) is 48.5 Å². The number of hydrogen-bond acceptors (Lipinski definition) is 5. The molecule has 2 aromatic carbocycles. The molecular weight excluding hydrogens is 322 g/mol. The lowest BCUT2D eigenvalue weighted by atomic mass is 10.1. The van der Waals surface area contributed by atoms with Crippen LogP contribution in [0.15, 0.2) is 59.4 Å². The number of tetrazole rings is 1. The lowest BCUT2D eigenvalue weighted by molar-refractivity contribution is -0.114. The predicted molar refractivity (Wildman–Crippen MR) is 90.7 cm³/mol. The predicted octanol–water partition coefficient (Wildman–Crippen LogP) is 1.27. The van der Waals surface area contributed by atoms with Crippen LogP contribution in [0, 0.1) is 0 Å². The highest BCUT2D eigenvalue weighted by Gasteiger charge is 2.13. The van der Waals surface area contributed by atoms with Gasteiger partial charge in [0.1, 0.15) is 6.54 Å². The summed E-state index contributed by atoms with van der Waals surface area (Å²) in [6, 6.07) is 15.3. The van der Waals surface area contributed by atoms with Crippen LogP contribution >= 0.6 is 0 Å². The highest BCUT2D eigenvalue weighted by atomic mass is 16.2. The zero-order valence-corrected chi connectivity index (χ0v) is 13.4. The summed E-state index contributed by atoms with van der Waals surface area (Å²) < 4.78 is 2.14. The average Bonchev–Trinajstić information content (AvgIpc) is 2.96. The number of hydrogen-bond donors (Lipinski definition) is 1. The Balaban J connectivity index is 1.77. The molecule has 25 heavy (non-hydrogen) atoms. The molecule has 1 amide bonds. The number of anilines is 1. The SMILES string of the molecule is CC(=O)Nc1ccc(C(=O)Cn2nnn(-c3ccccc3)c2=O)cc1. The molecule has 3 rings (SSSR count). The van der Waals surface area contributed by atoms with Gasteiger partial charge in [0.25, 0.3) is 0 Å². The van der Waals surface area contributed by atoms with Crippen LogP contribution in [0.25, 0.3) is 5.69 Å². The van der Waals surface area contributed by atoms with Gasteiger partial charge in [0.2, 0.25) is 5.91 Å². The van der Waals surface area contributed by atoms with Crippen LogP contribution in [-0.4, -0.2) is 31.5 Å². The molecule has 0 saturated carbocycles. The van der Waals surface area contributed by atoms with Crippen LogP contribution in [0.3, 0.4) is 0 Å². The number of aromatic nitrogens is 4. The summed E-state index contributed by atoms with van der Waals surface area (Å²) in [5.74, 6) is -0.472. The molecule has 0 unspecified atom stereocenters. The summed E-state index contributed by atoms with van der Waals surface area (Å²) in [6.45, 7) is 1.19. The fraction of sp³-hybridized carbons (Fsp3) is 0.118. The molecule has 0 bridgehead atoms. The van der Waals surface area contributed by atoms with Crippen LogP contribution in [0.1, 0.15) is 17.3 Å². The van der Waals surface area contributed by atoms with Crippen LogP contribution in [0.2, 0.25) is 0 Å². The van der Waals surface area contributed by atoms with E-state index in [4.69, 9.17) is 0 Å². The second kappa shape index (κ2) is 6.91. The van der Waals surface area contributed by atoms with Gasteiger partial charge in [-0.05, 0) is 46.8 Å². The number of amides is 1. The maximum atomic E-state index is 12.3. The van der Waals surface area contributed by atoms with Crippen molar-refractivity contribution in [3.8, 4) is 5.69 Å². The second-order valence-electron chi connectivity index (χ2n) is 5.35. The molecule has 3 aromatic rings. The summed E-state index contributed by atoms with van der Waals surface area (Å²) in [5, 5.41) is 10.2. The first-order chi connectivity index (χ1) is 12.0. The van der Waals surface area contributed by atoms with Gasteiger partial charge in [-0.25, -0.2) is 4.79 Å². The van der Waals surface area contributed by atoms with Crippen molar-refractivity contribution in [3.05, 3.63) is 70.6 Å². The van der Waals surface area contributed by atoms with Crippen molar-refractivity contribution in [3.63, 3.8) is 0 Å². The van der Waals surface area contributed by atoms with Gasteiger partial charge in [-0.3, -0.25) is 9.59 Å². The number of rotatable bonds is 5. The molecule has 0 atom stereocenters.